The molecule has 0 bridgehead atoms. The van der Waals surface area contributed by atoms with Crippen LogP contribution in [0.25, 0.3) is 31.5 Å². The van der Waals surface area contributed by atoms with Crippen LogP contribution in [0.1, 0.15) is 0 Å². The van der Waals surface area contributed by atoms with Crippen molar-refractivity contribution in [3.8, 4) is 0 Å². The molecule has 76 valence electrons. The number of thiophene rings is 1. The van der Waals surface area contributed by atoms with Crippen LogP contribution in [0.4, 0.5) is 0 Å². The maximum atomic E-state index is 4.42. The molecule has 0 radical (unpaired) electrons. The fourth-order valence-corrected chi connectivity index (χ4v) is 3.05. The van der Waals surface area contributed by atoms with Gasteiger partial charge in [0.15, 0.2) is 0 Å². The lowest BCUT2D eigenvalue weighted by Crippen LogP contribution is -1.77. The topological polar surface area (TPSA) is 54.5 Å². The standard InChI is InChI=1S/C11H6N4S/c1-2-7-10(13-3-1)8-9-6(4-12-5-14-9)15-11(8)16-7/h1-5,15H. The van der Waals surface area contributed by atoms with Crippen LogP contribution in [0, 0.1) is 0 Å². The van der Waals surface area contributed by atoms with Gasteiger partial charge in [0.05, 0.1) is 27.3 Å². The Balaban J connectivity index is 2.38. The van der Waals surface area contributed by atoms with Gasteiger partial charge in [-0.2, -0.15) is 0 Å². The van der Waals surface area contributed by atoms with E-state index < -0.39 is 0 Å². The molecule has 0 atom stereocenters. The SMILES string of the molecule is c1cnc2c(c1)sc1[nH]c3cncnc3c12. The minimum absolute atomic E-state index is 0.954. The van der Waals surface area contributed by atoms with Gasteiger partial charge >= 0.3 is 0 Å². The lowest BCUT2D eigenvalue weighted by atomic mass is 10.3. The van der Waals surface area contributed by atoms with Crippen molar-refractivity contribution in [2.45, 2.75) is 0 Å². The van der Waals surface area contributed by atoms with E-state index >= 15 is 0 Å². The van der Waals surface area contributed by atoms with E-state index in [4.69, 9.17) is 0 Å². The molecule has 0 aliphatic heterocycles. The number of nitrogens with one attached hydrogen (secondary N) is 1. The quantitative estimate of drug-likeness (QED) is 0.501. The van der Waals surface area contributed by atoms with Crippen LogP contribution in [0.15, 0.2) is 30.9 Å². The first-order valence-corrected chi connectivity index (χ1v) is 5.70. The smallest absolute Gasteiger partial charge is 0.116 e. The van der Waals surface area contributed by atoms with E-state index in [1.54, 1.807) is 23.9 Å². The van der Waals surface area contributed by atoms with Crippen LogP contribution in [0.3, 0.4) is 0 Å². The molecule has 5 heteroatoms. The molecule has 0 unspecified atom stereocenters. The Hall–Kier alpha value is -2.01. The lowest BCUT2D eigenvalue weighted by Gasteiger charge is -1.89. The monoisotopic (exact) mass is 226 g/mol. The molecule has 1 N–H and O–H groups in total. The number of hydrogen-bond acceptors (Lipinski definition) is 4. The van der Waals surface area contributed by atoms with Crippen molar-refractivity contribution in [1.29, 1.82) is 0 Å². The van der Waals surface area contributed by atoms with Gasteiger partial charge in [-0.05, 0) is 12.1 Å². The van der Waals surface area contributed by atoms with Crippen molar-refractivity contribution in [2.75, 3.05) is 0 Å². The van der Waals surface area contributed by atoms with Crippen LogP contribution in [-0.2, 0) is 0 Å². The molecule has 0 aliphatic carbocycles. The second-order valence-electron chi connectivity index (χ2n) is 3.57. The minimum atomic E-state index is 0.954. The van der Waals surface area contributed by atoms with Gasteiger partial charge in [-0.1, -0.05) is 0 Å². The van der Waals surface area contributed by atoms with Crippen molar-refractivity contribution >= 4 is 42.8 Å². The number of hydrogen-bond donors (Lipinski definition) is 1. The number of H-pyrrole nitrogens is 1. The predicted octanol–water partition coefficient (Wildman–Crippen LogP) is 2.72. The number of rotatable bonds is 0. The third kappa shape index (κ3) is 0.906. The van der Waals surface area contributed by atoms with E-state index in [9.17, 15) is 0 Å². The highest BCUT2D eigenvalue weighted by molar-refractivity contribution is 7.25. The Morgan fingerprint density at radius 3 is 3.19 bits per heavy atom. The molecule has 0 aliphatic rings. The lowest BCUT2D eigenvalue weighted by molar-refractivity contribution is 1.22. The second kappa shape index (κ2) is 2.76. The van der Waals surface area contributed by atoms with Gasteiger partial charge in [-0.25, -0.2) is 9.97 Å². The third-order valence-corrected chi connectivity index (χ3v) is 3.70. The molecule has 4 aromatic heterocycles. The highest BCUT2D eigenvalue weighted by atomic mass is 32.1. The second-order valence-corrected chi connectivity index (χ2v) is 4.62. The summed E-state index contributed by atoms with van der Waals surface area (Å²) in [6.45, 7) is 0. The Labute approximate surface area is 94.0 Å². The summed E-state index contributed by atoms with van der Waals surface area (Å²) in [5.41, 5.74) is 2.94. The Kier molecular flexibility index (Phi) is 1.41. The van der Waals surface area contributed by atoms with Crippen LogP contribution >= 0.6 is 11.3 Å². The molecule has 0 aromatic carbocycles. The highest BCUT2D eigenvalue weighted by Gasteiger charge is 2.12. The van der Waals surface area contributed by atoms with Crippen molar-refractivity contribution in [1.82, 2.24) is 19.9 Å². The number of aromatic nitrogens is 4. The van der Waals surface area contributed by atoms with Crippen molar-refractivity contribution in [2.24, 2.45) is 0 Å². The van der Waals surface area contributed by atoms with E-state index in [-0.39, 0.29) is 0 Å². The van der Waals surface area contributed by atoms with E-state index in [1.165, 1.54) is 4.70 Å². The predicted molar refractivity (Wildman–Crippen MR) is 64.6 cm³/mol. The van der Waals surface area contributed by atoms with E-state index in [1.807, 2.05) is 12.3 Å². The minimum Gasteiger partial charge on any atom is -0.344 e. The average molecular weight is 226 g/mol. The summed E-state index contributed by atoms with van der Waals surface area (Å²) in [6.07, 6.45) is 5.18. The van der Waals surface area contributed by atoms with E-state index in [0.29, 0.717) is 0 Å². The van der Waals surface area contributed by atoms with Crippen LogP contribution in [0.5, 0.6) is 0 Å². The molecule has 0 saturated heterocycles. The van der Waals surface area contributed by atoms with E-state index in [0.717, 1.165) is 26.8 Å². The first-order valence-electron chi connectivity index (χ1n) is 4.88. The molecule has 0 amide bonds. The van der Waals surface area contributed by atoms with Gasteiger partial charge in [0.1, 0.15) is 16.7 Å². The summed E-state index contributed by atoms with van der Waals surface area (Å²) in [7, 11) is 0. The zero-order chi connectivity index (χ0) is 10.5. The summed E-state index contributed by atoms with van der Waals surface area (Å²) in [5.74, 6) is 0. The maximum Gasteiger partial charge on any atom is 0.116 e. The molecule has 4 rings (SSSR count). The van der Waals surface area contributed by atoms with Crippen molar-refractivity contribution < 1.29 is 0 Å². The number of nitrogens with zero attached hydrogens (tertiary/aromatic N) is 3. The summed E-state index contributed by atoms with van der Waals surface area (Å²) in [6, 6.07) is 4.03. The molecule has 0 fully saturated rings. The normalized spacial score (nSPS) is 11.8. The Bertz CT molecular complexity index is 749. The molecule has 16 heavy (non-hydrogen) atoms. The first-order chi connectivity index (χ1) is 7.93. The summed E-state index contributed by atoms with van der Waals surface area (Å²) >= 11 is 1.70. The molecule has 0 saturated carbocycles. The fourth-order valence-electron chi connectivity index (χ4n) is 1.98. The summed E-state index contributed by atoms with van der Waals surface area (Å²) in [5, 5.41) is 1.11. The molecule has 4 nitrogen and oxygen atoms in total. The van der Waals surface area contributed by atoms with Gasteiger partial charge < -0.3 is 4.98 Å². The summed E-state index contributed by atoms with van der Waals surface area (Å²) in [4.78, 5) is 17.2. The fraction of sp³-hybridized carbons (Fsp3) is 0. The zero-order valence-electron chi connectivity index (χ0n) is 8.14. The summed E-state index contributed by atoms with van der Waals surface area (Å²) < 4.78 is 1.18. The van der Waals surface area contributed by atoms with Gasteiger partial charge in [0.25, 0.3) is 0 Å². The molecule has 0 spiro atoms. The number of fused-ring (bicyclic) bond motifs is 5. The van der Waals surface area contributed by atoms with Gasteiger partial charge in [0.2, 0.25) is 0 Å². The van der Waals surface area contributed by atoms with Crippen molar-refractivity contribution in [3.05, 3.63) is 30.9 Å². The Morgan fingerprint density at radius 2 is 2.19 bits per heavy atom. The molecular weight excluding hydrogens is 220 g/mol. The first kappa shape index (κ1) is 8.18. The maximum absolute atomic E-state index is 4.42. The highest BCUT2D eigenvalue weighted by Crippen LogP contribution is 2.35. The Morgan fingerprint density at radius 1 is 1.19 bits per heavy atom. The largest absolute Gasteiger partial charge is 0.344 e. The molecular formula is C11H6N4S. The molecule has 4 heterocycles. The van der Waals surface area contributed by atoms with Crippen molar-refractivity contribution in [3.63, 3.8) is 0 Å². The van der Waals surface area contributed by atoms with E-state index in [2.05, 4.69) is 26.0 Å². The third-order valence-electron chi connectivity index (χ3n) is 2.64. The zero-order valence-corrected chi connectivity index (χ0v) is 8.95. The molecule has 4 aromatic rings. The van der Waals surface area contributed by atoms with Gasteiger partial charge in [-0.3, -0.25) is 4.98 Å². The van der Waals surface area contributed by atoms with Crippen LogP contribution in [0.2, 0.25) is 0 Å². The van der Waals surface area contributed by atoms with Crippen LogP contribution in [-0.4, -0.2) is 19.9 Å². The van der Waals surface area contributed by atoms with Gasteiger partial charge in [-0.15, -0.1) is 11.3 Å². The van der Waals surface area contributed by atoms with Gasteiger partial charge in [0, 0.05) is 6.20 Å². The average Bonchev–Trinajstić information content (AvgIpc) is 2.83. The number of pyridine rings is 1. The van der Waals surface area contributed by atoms with Crippen LogP contribution < -0.4 is 0 Å². The number of aromatic amines is 1.